The third-order valence-corrected chi connectivity index (χ3v) is 4.01. The van der Waals surface area contributed by atoms with Gasteiger partial charge in [0.2, 0.25) is 0 Å². The molecule has 1 aromatic carbocycles. The molecule has 2 unspecified atom stereocenters. The van der Waals surface area contributed by atoms with Crippen LogP contribution >= 0.6 is 12.6 Å². The van der Waals surface area contributed by atoms with Crippen LogP contribution in [0.3, 0.4) is 0 Å². The minimum absolute atomic E-state index is 0.199. The van der Waals surface area contributed by atoms with Crippen LogP contribution in [0.2, 0.25) is 0 Å². The van der Waals surface area contributed by atoms with Gasteiger partial charge in [0, 0.05) is 5.70 Å². The summed E-state index contributed by atoms with van der Waals surface area (Å²) in [5.74, 6) is -0.293. The molecular formula is C16H22N2O2S. The van der Waals surface area contributed by atoms with Gasteiger partial charge in [-0.3, -0.25) is 5.32 Å². The van der Waals surface area contributed by atoms with Crippen molar-refractivity contribution >= 4 is 18.6 Å². The lowest BCUT2D eigenvalue weighted by atomic mass is 9.93. The number of allylic oxidation sites excluding steroid dienone is 1. The lowest BCUT2D eigenvalue weighted by Crippen LogP contribution is -2.46. The maximum absolute atomic E-state index is 12.3. The first-order valence-electron chi connectivity index (χ1n) is 7.09. The average Bonchev–Trinajstić information content (AvgIpc) is 2.41. The van der Waals surface area contributed by atoms with Crippen LogP contribution in [0.25, 0.3) is 0 Å². The number of thiol groups is 1. The fourth-order valence-corrected chi connectivity index (χ4v) is 2.81. The molecule has 4 nitrogen and oxygen atoms in total. The van der Waals surface area contributed by atoms with Gasteiger partial charge in [0.1, 0.15) is 5.50 Å². The van der Waals surface area contributed by atoms with Crippen LogP contribution in [0.5, 0.6) is 0 Å². The standard InChI is InChI=1S/C16H22N2O2S/c1-5-20-15(19)13-11(4)17-16(21)18-14(13)12-7-6-9(2)10(3)8-12/h6-8,14,16-18,21H,5H2,1-4H3. The van der Waals surface area contributed by atoms with Crippen molar-refractivity contribution in [3.63, 3.8) is 0 Å². The predicted molar refractivity (Wildman–Crippen MR) is 87.0 cm³/mol. The first-order valence-corrected chi connectivity index (χ1v) is 7.61. The Hall–Kier alpha value is -1.46. The molecule has 5 heteroatoms. The topological polar surface area (TPSA) is 50.4 Å². The van der Waals surface area contributed by atoms with Gasteiger partial charge in [-0.15, -0.1) is 12.6 Å². The number of hydrogen-bond acceptors (Lipinski definition) is 5. The molecule has 0 amide bonds. The second-order valence-electron chi connectivity index (χ2n) is 5.25. The maximum Gasteiger partial charge on any atom is 0.337 e. The summed E-state index contributed by atoms with van der Waals surface area (Å²) in [4.78, 5) is 12.3. The number of rotatable bonds is 3. The molecule has 2 N–H and O–H groups in total. The van der Waals surface area contributed by atoms with Gasteiger partial charge >= 0.3 is 5.97 Å². The van der Waals surface area contributed by atoms with Crippen molar-refractivity contribution in [2.45, 2.75) is 39.2 Å². The molecule has 0 saturated heterocycles. The monoisotopic (exact) mass is 306 g/mol. The zero-order valence-corrected chi connectivity index (χ0v) is 13.8. The molecule has 2 atom stereocenters. The predicted octanol–water partition coefficient (Wildman–Crippen LogP) is 2.59. The summed E-state index contributed by atoms with van der Waals surface area (Å²) in [6, 6.07) is 6.00. The summed E-state index contributed by atoms with van der Waals surface area (Å²) in [6.07, 6.45) is 0. The van der Waals surface area contributed by atoms with Crippen LogP contribution in [0, 0.1) is 13.8 Å². The molecule has 0 spiro atoms. The van der Waals surface area contributed by atoms with Crippen molar-refractivity contribution in [3.8, 4) is 0 Å². The van der Waals surface area contributed by atoms with Crippen LogP contribution in [0.15, 0.2) is 29.5 Å². The quantitative estimate of drug-likeness (QED) is 0.593. The molecule has 1 aliphatic heterocycles. The molecule has 0 saturated carbocycles. The van der Waals surface area contributed by atoms with Gasteiger partial charge in [0.05, 0.1) is 18.2 Å². The van der Waals surface area contributed by atoms with E-state index in [4.69, 9.17) is 4.74 Å². The van der Waals surface area contributed by atoms with Crippen LogP contribution in [-0.2, 0) is 9.53 Å². The van der Waals surface area contributed by atoms with E-state index < -0.39 is 0 Å². The minimum atomic E-state index is -0.293. The molecule has 21 heavy (non-hydrogen) atoms. The van der Waals surface area contributed by atoms with Crippen LogP contribution in [-0.4, -0.2) is 18.1 Å². The zero-order valence-electron chi connectivity index (χ0n) is 12.9. The highest BCUT2D eigenvalue weighted by Crippen LogP contribution is 2.30. The molecule has 0 bridgehead atoms. The average molecular weight is 306 g/mol. The summed E-state index contributed by atoms with van der Waals surface area (Å²) < 4.78 is 5.19. The molecule has 0 aromatic heterocycles. The molecule has 1 aliphatic rings. The Kier molecular flexibility index (Phi) is 4.96. The van der Waals surface area contributed by atoms with E-state index in [1.165, 1.54) is 11.1 Å². The molecule has 0 radical (unpaired) electrons. The number of hydrogen-bond donors (Lipinski definition) is 3. The number of ether oxygens (including phenoxy) is 1. The summed E-state index contributed by atoms with van der Waals surface area (Å²) in [6.45, 7) is 8.19. The van der Waals surface area contributed by atoms with E-state index >= 15 is 0 Å². The van der Waals surface area contributed by atoms with Gasteiger partial charge in [-0.25, -0.2) is 4.79 Å². The number of esters is 1. The van der Waals surface area contributed by atoms with E-state index in [9.17, 15) is 4.79 Å². The molecular weight excluding hydrogens is 284 g/mol. The maximum atomic E-state index is 12.3. The zero-order chi connectivity index (χ0) is 15.6. The fourth-order valence-electron chi connectivity index (χ4n) is 2.47. The SMILES string of the molecule is CCOC(=O)C1=C(C)NC(S)NC1c1ccc(C)c(C)c1. The third kappa shape index (κ3) is 3.41. The lowest BCUT2D eigenvalue weighted by Gasteiger charge is -2.33. The smallest absolute Gasteiger partial charge is 0.337 e. The van der Waals surface area contributed by atoms with E-state index in [1.807, 2.05) is 19.9 Å². The number of benzene rings is 1. The number of carbonyl (C=O) groups excluding carboxylic acids is 1. The largest absolute Gasteiger partial charge is 0.463 e. The van der Waals surface area contributed by atoms with E-state index in [2.05, 4.69) is 49.2 Å². The highest BCUT2D eigenvalue weighted by molar-refractivity contribution is 7.80. The third-order valence-electron chi connectivity index (χ3n) is 3.73. The summed E-state index contributed by atoms with van der Waals surface area (Å²) in [5.41, 5.74) is 4.69. The Morgan fingerprint density at radius 3 is 2.62 bits per heavy atom. The van der Waals surface area contributed by atoms with Crippen molar-refractivity contribution in [2.24, 2.45) is 0 Å². The first kappa shape index (κ1) is 15.9. The van der Waals surface area contributed by atoms with Crippen LogP contribution in [0.1, 0.15) is 36.6 Å². The molecule has 1 aromatic rings. The minimum Gasteiger partial charge on any atom is -0.463 e. The van der Waals surface area contributed by atoms with Gasteiger partial charge in [-0.05, 0) is 44.4 Å². The van der Waals surface area contributed by atoms with E-state index in [1.54, 1.807) is 0 Å². The van der Waals surface area contributed by atoms with Crippen molar-refractivity contribution in [2.75, 3.05) is 6.61 Å². The summed E-state index contributed by atoms with van der Waals surface area (Å²) in [7, 11) is 0. The highest BCUT2D eigenvalue weighted by Gasteiger charge is 2.31. The molecule has 114 valence electrons. The fraction of sp³-hybridized carbons (Fsp3) is 0.438. The Morgan fingerprint density at radius 2 is 2.00 bits per heavy atom. The van der Waals surface area contributed by atoms with E-state index in [0.29, 0.717) is 12.2 Å². The Morgan fingerprint density at radius 1 is 1.29 bits per heavy atom. The second kappa shape index (κ2) is 6.54. The van der Waals surface area contributed by atoms with Crippen molar-refractivity contribution in [1.29, 1.82) is 0 Å². The van der Waals surface area contributed by atoms with Crippen LogP contribution in [0.4, 0.5) is 0 Å². The Balaban J connectivity index is 2.44. The van der Waals surface area contributed by atoms with E-state index in [-0.39, 0.29) is 17.5 Å². The lowest BCUT2D eigenvalue weighted by molar-refractivity contribution is -0.139. The molecule has 2 rings (SSSR count). The van der Waals surface area contributed by atoms with Crippen molar-refractivity contribution in [3.05, 3.63) is 46.2 Å². The molecule has 0 aliphatic carbocycles. The van der Waals surface area contributed by atoms with Gasteiger partial charge < -0.3 is 10.1 Å². The highest BCUT2D eigenvalue weighted by atomic mass is 32.1. The number of aryl methyl sites for hydroxylation is 2. The normalized spacial score (nSPS) is 22.0. The van der Waals surface area contributed by atoms with Crippen molar-refractivity contribution in [1.82, 2.24) is 10.6 Å². The Bertz CT molecular complexity index is 584. The number of nitrogens with one attached hydrogen (secondary N) is 2. The van der Waals surface area contributed by atoms with Gasteiger partial charge in [0.15, 0.2) is 0 Å². The van der Waals surface area contributed by atoms with Gasteiger partial charge in [-0.2, -0.15) is 0 Å². The van der Waals surface area contributed by atoms with Crippen LogP contribution < -0.4 is 10.6 Å². The summed E-state index contributed by atoms with van der Waals surface area (Å²) in [5, 5.41) is 6.42. The Labute approximate surface area is 131 Å². The molecule has 0 fully saturated rings. The van der Waals surface area contributed by atoms with Crippen molar-refractivity contribution < 1.29 is 9.53 Å². The van der Waals surface area contributed by atoms with E-state index in [0.717, 1.165) is 11.3 Å². The first-order chi connectivity index (χ1) is 9.93. The van der Waals surface area contributed by atoms with Gasteiger partial charge in [0.25, 0.3) is 0 Å². The summed E-state index contributed by atoms with van der Waals surface area (Å²) >= 11 is 4.43. The number of carbonyl (C=O) groups is 1. The molecule has 1 heterocycles. The second-order valence-corrected chi connectivity index (χ2v) is 5.77. The van der Waals surface area contributed by atoms with Gasteiger partial charge in [-0.1, -0.05) is 18.2 Å².